The van der Waals surface area contributed by atoms with Gasteiger partial charge in [0, 0.05) is 54.6 Å². The van der Waals surface area contributed by atoms with E-state index >= 15 is 0 Å². The number of allylic oxidation sites excluding steroid dienone is 2. The van der Waals surface area contributed by atoms with Gasteiger partial charge in [0.25, 0.3) is 0 Å². The molecule has 5 aromatic rings. The van der Waals surface area contributed by atoms with Gasteiger partial charge in [-0.25, -0.2) is 4.98 Å². The molecule has 275 valence electrons. The summed E-state index contributed by atoms with van der Waals surface area (Å²) in [5, 5.41) is 13.7. The third-order valence-electron chi connectivity index (χ3n) is 10.5. The van der Waals surface area contributed by atoms with Crippen LogP contribution in [0.15, 0.2) is 72.9 Å². The Morgan fingerprint density at radius 3 is 2.10 bits per heavy atom. The van der Waals surface area contributed by atoms with E-state index < -0.39 is 0 Å². The zero-order valence-corrected chi connectivity index (χ0v) is 35.6. The number of aromatic nitrogens is 3. The number of carbonyl (C=O) groups excluding carboxylic acids is 1. The van der Waals surface area contributed by atoms with Crippen molar-refractivity contribution in [2.75, 3.05) is 0 Å². The standard InChI is InChI=1S/C29H28N3S.C15H28O2.Ir/c1-18(2)10-22-12-21-14-27(33-28(21)16-30-22)26-15-25(31-17-32-26)20-11-19-8-6-7-9-23(19)24(13-20)29(3,4)5;1-7-14(5,8-2)12(16)11-13(17)15(6,9-3)10-4;/h6-9,12-18H,10H2,1-5H3;11,16H,7-10H2,1-6H3;/q-1;;/b;12-11-;. The molecule has 0 amide bonds. The van der Waals surface area contributed by atoms with E-state index in [1.165, 1.54) is 27.1 Å². The topological polar surface area (TPSA) is 76.0 Å². The molecule has 0 aliphatic carbocycles. The molecule has 0 atom stereocenters. The minimum Gasteiger partial charge on any atom is -0.512 e. The van der Waals surface area contributed by atoms with Crippen LogP contribution in [0.1, 0.15) is 113 Å². The number of thiophene rings is 1. The number of fused-ring (bicyclic) bond motifs is 2. The minimum atomic E-state index is -0.337. The van der Waals surface area contributed by atoms with Crippen LogP contribution < -0.4 is 0 Å². The van der Waals surface area contributed by atoms with Crippen molar-refractivity contribution in [1.82, 2.24) is 15.0 Å². The molecule has 5 nitrogen and oxygen atoms in total. The van der Waals surface area contributed by atoms with Crippen molar-refractivity contribution in [3.8, 4) is 21.8 Å². The summed E-state index contributed by atoms with van der Waals surface area (Å²) < 4.78 is 1.19. The smallest absolute Gasteiger partial charge is 0.164 e. The van der Waals surface area contributed by atoms with E-state index in [2.05, 4.69) is 104 Å². The Balaban J connectivity index is 0.000000335. The van der Waals surface area contributed by atoms with Gasteiger partial charge < -0.3 is 5.11 Å². The van der Waals surface area contributed by atoms with Gasteiger partial charge in [-0.15, -0.1) is 40.5 Å². The average molecular weight is 883 g/mol. The maximum absolute atomic E-state index is 12.2. The van der Waals surface area contributed by atoms with Crippen molar-refractivity contribution in [3.63, 3.8) is 0 Å². The summed E-state index contributed by atoms with van der Waals surface area (Å²) in [4.78, 5) is 27.2. The first-order chi connectivity index (χ1) is 23.6. The number of rotatable bonds is 11. The van der Waals surface area contributed by atoms with Crippen LogP contribution in [0.5, 0.6) is 0 Å². The predicted octanol–water partition coefficient (Wildman–Crippen LogP) is 12.5. The van der Waals surface area contributed by atoms with Crippen molar-refractivity contribution in [2.45, 2.75) is 114 Å². The number of aliphatic hydroxyl groups excluding tert-OH is 1. The first-order valence-corrected chi connectivity index (χ1v) is 19.0. The number of aliphatic hydroxyl groups is 1. The van der Waals surface area contributed by atoms with E-state index in [1.54, 1.807) is 17.7 Å². The van der Waals surface area contributed by atoms with Gasteiger partial charge in [0.2, 0.25) is 0 Å². The summed E-state index contributed by atoms with van der Waals surface area (Å²) in [6, 6.07) is 20.8. The molecule has 1 radical (unpaired) electrons. The summed E-state index contributed by atoms with van der Waals surface area (Å²) in [5.41, 5.74) is 4.70. The minimum absolute atomic E-state index is 0. The number of nitrogens with zero attached hydrogens (tertiary/aromatic N) is 3. The predicted molar refractivity (Wildman–Crippen MR) is 213 cm³/mol. The molecular weight excluding hydrogens is 827 g/mol. The molecule has 7 heteroatoms. The molecule has 0 unspecified atom stereocenters. The zero-order valence-electron chi connectivity index (χ0n) is 32.4. The molecule has 0 spiro atoms. The third kappa shape index (κ3) is 10.0. The first-order valence-electron chi connectivity index (χ1n) is 18.2. The van der Waals surface area contributed by atoms with E-state index in [4.69, 9.17) is 0 Å². The second-order valence-corrected chi connectivity index (χ2v) is 16.6. The van der Waals surface area contributed by atoms with Crippen molar-refractivity contribution < 1.29 is 30.0 Å². The molecule has 2 aromatic carbocycles. The van der Waals surface area contributed by atoms with Gasteiger partial charge in [0.15, 0.2) is 5.78 Å². The van der Waals surface area contributed by atoms with Crippen molar-refractivity contribution in [2.24, 2.45) is 16.7 Å². The SMILES string of the molecule is CC(C)Cc1cc2cc(-c3cc(-c4[c-]c5ccccc5c(C(C)(C)C)c4)ncn3)sc2cn1.CCC(C)(CC)C(=O)/C=C(\O)C(C)(CC)CC.[Ir]. The second-order valence-electron chi connectivity index (χ2n) is 15.5. The van der Waals surface area contributed by atoms with Gasteiger partial charge >= 0.3 is 0 Å². The van der Waals surface area contributed by atoms with Crippen molar-refractivity contribution >= 4 is 38.0 Å². The van der Waals surface area contributed by atoms with Gasteiger partial charge in [0.1, 0.15) is 12.1 Å². The molecular formula is C44H56IrN3O2S-. The van der Waals surface area contributed by atoms with Gasteiger partial charge in [-0.3, -0.25) is 14.8 Å². The van der Waals surface area contributed by atoms with Crippen LogP contribution in [0.25, 0.3) is 42.7 Å². The fraction of sp³-hybridized carbons (Fsp3) is 0.455. The molecule has 5 rings (SSSR count). The Kier molecular flexibility index (Phi) is 14.5. The molecule has 0 bridgehead atoms. The fourth-order valence-electron chi connectivity index (χ4n) is 5.96. The van der Waals surface area contributed by atoms with Crippen LogP contribution in [0.4, 0.5) is 0 Å². The van der Waals surface area contributed by atoms with Gasteiger partial charge in [-0.2, -0.15) is 0 Å². The van der Waals surface area contributed by atoms with Crippen LogP contribution in [0.3, 0.4) is 0 Å². The fourth-order valence-corrected chi connectivity index (χ4v) is 6.94. The van der Waals surface area contributed by atoms with Crippen LogP contribution in [0.2, 0.25) is 0 Å². The molecule has 51 heavy (non-hydrogen) atoms. The van der Waals surface area contributed by atoms with Crippen LogP contribution in [-0.4, -0.2) is 25.8 Å². The monoisotopic (exact) mass is 883 g/mol. The van der Waals surface area contributed by atoms with E-state index in [0.29, 0.717) is 5.92 Å². The van der Waals surface area contributed by atoms with Crippen LogP contribution >= 0.6 is 11.3 Å². The van der Waals surface area contributed by atoms with Crippen LogP contribution in [-0.2, 0) is 36.7 Å². The van der Waals surface area contributed by atoms with Gasteiger partial charge in [-0.05, 0) is 67.0 Å². The second kappa shape index (κ2) is 17.5. The number of hydrogen-bond donors (Lipinski definition) is 1. The summed E-state index contributed by atoms with van der Waals surface area (Å²) in [5.74, 6) is 0.877. The van der Waals surface area contributed by atoms with Gasteiger partial charge in [-0.1, -0.05) is 105 Å². The number of ketones is 1. The molecule has 3 heterocycles. The van der Waals surface area contributed by atoms with E-state index in [1.807, 2.05) is 47.7 Å². The molecule has 0 aliphatic rings. The summed E-state index contributed by atoms with van der Waals surface area (Å²) in [6.07, 6.45) is 9.41. The first kappa shape index (κ1) is 42.2. The Morgan fingerprint density at radius 1 is 0.863 bits per heavy atom. The number of pyridine rings is 1. The quantitative estimate of drug-likeness (QED) is 0.0812. The Labute approximate surface area is 323 Å². The van der Waals surface area contributed by atoms with E-state index in [-0.39, 0.29) is 47.9 Å². The van der Waals surface area contributed by atoms with E-state index in [9.17, 15) is 9.90 Å². The van der Waals surface area contributed by atoms with E-state index in [0.717, 1.165) is 65.0 Å². The average Bonchev–Trinajstić information content (AvgIpc) is 3.53. The molecule has 1 N–H and O–H groups in total. The molecule has 0 saturated heterocycles. The summed E-state index contributed by atoms with van der Waals surface area (Å²) in [6.45, 7) is 23.3. The Morgan fingerprint density at radius 2 is 1.49 bits per heavy atom. The molecule has 0 aliphatic heterocycles. The van der Waals surface area contributed by atoms with Gasteiger partial charge in [0.05, 0.1) is 15.3 Å². The summed E-state index contributed by atoms with van der Waals surface area (Å²) in [7, 11) is 0. The molecule has 3 aromatic heterocycles. The molecule has 0 fully saturated rings. The number of benzene rings is 2. The largest absolute Gasteiger partial charge is 0.512 e. The Bertz CT molecular complexity index is 1960. The summed E-state index contributed by atoms with van der Waals surface area (Å²) >= 11 is 1.73. The number of carbonyl (C=O) groups is 1. The van der Waals surface area contributed by atoms with Crippen molar-refractivity contribution in [1.29, 1.82) is 0 Å². The zero-order chi connectivity index (χ0) is 36.9. The maximum Gasteiger partial charge on any atom is 0.164 e. The normalized spacial score (nSPS) is 12.5. The van der Waals surface area contributed by atoms with Crippen molar-refractivity contribution in [3.05, 3.63) is 90.2 Å². The van der Waals surface area contributed by atoms with Crippen LogP contribution in [0, 0.1) is 22.8 Å². The Hall–Kier alpha value is -3.25. The maximum atomic E-state index is 12.2. The molecule has 0 saturated carbocycles. The number of hydrogen-bond acceptors (Lipinski definition) is 6. The third-order valence-corrected chi connectivity index (χ3v) is 11.6.